The van der Waals surface area contributed by atoms with Gasteiger partial charge in [-0.05, 0) is 6.42 Å². The van der Waals surface area contributed by atoms with Crippen molar-refractivity contribution in [3.05, 3.63) is 0 Å². The second-order valence-corrected chi connectivity index (χ2v) is 6.32. The predicted octanol–water partition coefficient (Wildman–Crippen LogP) is -1.47. The van der Waals surface area contributed by atoms with Crippen LogP contribution in [0.4, 0.5) is 4.79 Å². The molecule has 2 aliphatic rings. The van der Waals surface area contributed by atoms with E-state index >= 15 is 0 Å². The number of amides is 2. The molecule has 2 amide bonds. The number of nitrogens with two attached hydrogens (primary N) is 1. The highest BCUT2D eigenvalue weighted by atomic mass is 32.2. The van der Waals surface area contributed by atoms with Crippen LogP contribution in [0, 0.1) is 0 Å². The molecule has 2 heterocycles. The Kier molecular flexibility index (Phi) is 2.59. The third kappa shape index (κ3) is 2.07. The van der Waals surface area contributed by atoms with Crippen LogP contribution in [0.1, 0.15) is 6.42 Å². The Morgan fingerprint density at radius 2 is 2.27 bits per heavy atom. The molecule has 2 saturated heterocycles. The largest absolute Gasteiger partial charge is 0.332 e. The van der Waals surface area contributed by atoms with E-state index in [9.17, 15) is 13.2 Å². The van der Waals surface area contributed by atoms with E-state index in [0.717, 1.165) is 0 Å². The van der Waals surface area contributed by atoms with E-state index in [1.807, 2.05) is 0 Å². The second-order valence-electron chi connectivity index (χ2n) is 4.09. The molecule has 86 valence electrons. The van der Waals surface area contributed by atoms with E-state index in [1.54, 1.807) is 4.90 Å². The van der Waals surface area contributed by atoms with Gasteiger partial charge in [0, 0.05) is 19.1 Å². The summed E-state index contributed by atoms with van der Waals surface area (Å²) in [7, 11) is -2.93. The molecule has 2 fully saturated rings. The van der Waals surface area contributed by atoms with Gasteiger partial charge in [0.05, 0.1) is 17.5 Å². The molecule has 0 saturated carbocycles. The summed E-state index contributed by atoms with van der Waals surface area (Å²) in [6.07, 6.45) is 0.549. The van der Waals surface area contributed by atoms with Gasteiger partial charge in [-0.15, -0.1) is 0 Å². The van der Waals surface area contributed by atoms with Gasteiger partial charge in [-0.1, -0.05) is 0 Å². The van der Waals surface area contributed by atoms with Crippen molar-refractivity contribution >= 4 is 15.9 Å². The van der Waals surface area contributed by atoms with Gasteiger partial charge in [-0.2, -0.15) is 0 Å². The molecule has 0 aromatic rings. The molecule has 0 aromatic heterocycles. The zero-order valence-corrected chi connectivity index (χ0v) is 9.16. The van der Waals surface area contributed by atoms with E-state index < -0.39 is 9.84 Å². The van der Waals surface area contributed by atoms with Crippen LogP contribution in [0.25, 0.3) is 0 Å². The summed E-state index contributed by atoms with van der Waals surface area (Å²) in [6.45, 7) is 0.914. The van der Waals surface area contributed by atoms with Crippen LogP contribution >= 0.6 is 0 Å². The minimum atomic E-state index is -2.93. The molecule has 3 N–H and O–H groups in total. The number of urea groups is 1. The number of nitrogens with zero attached hydrogens (tertiary/aromatic N) is 1. The van der Waals surface area contributed by atoms with Crippen molar-refractivity contribution < 1.29 is 13.2 Å². The molecule has 7 heteroatoms. The third-order valence-electron chi connectivity index (χ3n) is 2.94. The topological polar surface area (TPSA) is 92.5 Å². The molecule has 0 aromatic carbocycles. The van der Waals surface area contributed by atoms with Crippen molar-refractivity contribution in [2.75, 3.05) is 24.6 Å². The number of hydrogen-bond acceptors (Lipinski definition) is 4. The molecule has 6 nitrogen and oxygen atoms in total. The van der Waals surface area contributed by atoms with Crippen molar-refractivity contribution in [2.45, 2.75) is 18.5 Å². The normalized spacial score (nSPS) is 34.5. The Bertz CT molecular complexity index is 367. The van der Waals surface area contributed by atoms with Gasteiger partial charge in [0.15, 0.2) is 9.84 Å². The van der Waals surface area contributed by atoms with Gasteiger partial charge in [-0.3, -0.25) is 0 Å². The average Bonchev–Trinajstić information content (AvgIpc) is 2.69. The first kappa shape index (κ1) is 10.7. The lowest BCUT2D eigenvalue weighted by Crippen LogP contribution is -2.38. The summed E-state index contributed by atoms with van der Waals surface area (Å²) in [5.74, 6) is 0.284. The van der Waals surface area contributed by atoms with Crippen LogP contribution in [0.5, 0.6) is 0 Å². The highest BCUT2D eigenvalue weighted by molar-refractivity contribution is 7.91. The number of hydrogen-bond donors (Lipinski definition) is 2. The van der Waals surface area contributed by atoms with Crippen molar-refractivity contribution in [1.29, 1.82) is 0 Å². The average molecular weight is 233 g/mol. The van der Waals surface area contributed by atoms with E-state index in [-0.39, 0.29) is 29.6 Å². The molecular formula is C8H15N3O3S. The van der Waals surface area contributed by atoms with Crippen molar-refractivity contribution in [3.8, 4) is 0 Å². The fourth-order valence-electron chi connectivity index (χ4n) is 2.09. The Morgan fingerprint density at radius 1 is 1.53 bits per heavy atom. The number of rotatable bonds is 2. The smallest absolute Gasteiger partial charge is 0.318 e. The minimum absolute atomic E-state index is 0.0409. The predicted molar refractivity (Wildman–Crippen MR) is 55.1 cm³/mol. The summed E-state index contributed by atoms with van der Waals surface area (Å²) in [6, 6.07) is -0.389. The molecule has 0 radical (unpaired) electrons. The van der Waals surface area contributed by atoms with Gasteiger partial charge < -0.3 is 16.0 Å². The van der Waals surface area contributed by atoms with Crippen LogP contribution in [-0.2, 0) is 9.84 Å². The fraction of sp³-hybridized carbons (Fsp3) is 0.875. The highest BCUT2D eigenvalue weighted by Gasteiger charge is 2.39. The summed E-state index contributed by atoms with van der Waals surface area (Å²) >= 11 is 0. The molecule has 0 aliphatic carbocycles. The number of carbonyl (C=O) groups excluding carboxylic acids is 1. The standard InChI is InChI=1S/C8H15N3O3S/c9-3-6-4-11(8(12)10-6)7-1-2-15(13,14)5-7/h6-7H,1-5,9H2,(H,10,12). The van der Waals surface area contributed by atoms with Gasteiger partial charge in [0.2, 0.25) is 0 Å². The first-order chi connectivity index (χ1) is 7.02. The number of nitrogens with one attached hydrogen (secondary N) is 1. The molecule has 2 rings (SSSR count). The fourth-order valence-corrected chi connectivity index (χ4v) is 3.82. The van der Waals surface area contributed by atoms with Gasteiger partial charge in [-0.25, -0.2) is 13.2 Å². The molecule has 15 heavy (non-hydrogen) atoms. The Morgan fingerprint density at radius 3 is 2.73 bits per heavy atom. The maximum Gasteiger partial charge on any atom is 0.318 e. The monoisotopic (exact) mass is 233 g/mol. The van der Waals surface area contributed by atoms with Crippen molar-refractivity contribution in [1.82, 2.24) is 10.2 Å². The van der Waals surface area contributed by atoms with Crippen LogP contribution in [-0.4, -0.2) is 56.0 Å². The van der Waals surface area contributed by atoms with Crippen LogP contribution in [0.2, 0.25) is 0 Å². The zero-order valence-electron chi connectivity index (χ0n) is 8.35. The van der Waals surface area contributed by atoms with E-state index in [4.69, 9.17) is 5.73 Å². The zero-order chi connectivity index (χ0) is 11.1. The first-order valence-corrected chi connectivity index (χ1v) is 6.81. The van der Waals surface area contributed by atoms with E-state index in [0.29, 0.717) is 19.5 Å². The molecule has 0 bridgehead atoms. The van der Waals surface area contributed by atoms with Crippen molar-refractivity contribution in [2.24, 2.45) is 5.73 Å². The SMILES string of the molecule is NCC1CN(C2CCS(=O)(=O)C2)C(=O)N1. The third-order valence-corrected chi connectivity index (χ3v) is 4.69. The lowest BCUT2D eigenvalue weighted by molar-refractivity contribution is 0.203. The lowest BCUT2D eigenvalue weighted by Gasteiger charge is -2.20. The summed E-state index contributed by atoms with van der Waals surface area (Å²) < 4.78 is 22.5. The number of carbonyl (C=O) groups is 1. The second kappa shape index (κ2) is 3.64. The highest BCUT2D eigenvalue weighted by Crippen LogP contribution is 2.20. The molecule has 2 aliphatic heterocycles. The molecular weight excluding hydrogens is 218 g/mol. The van der Waals surface area contributed by atoms with Crippen molar-refractivity contribution in [3.63, 3.8) is 0 Å². The maximum absolute atomic E-state index is 11.5. The van der Waals surface area contributed by atoms with Gasteiger partial charge >= 0.3 is 6.03 Å². The van der Waals surface area contributed by atoms with E-state index in [1.165, 1.54) is 0 Å². The van der Waals surface area contributed by atoms with E-state index in [2.05, 4.69) is 5.32 Å². The van der Waals surface area contributed by atoms with Crippen LogP contribution in [0.15, 0.2) is 0 Å². The molecule has 2 unspecified atom stereocenters. The quantitative estimate of drug-likeness (QED) is 0.609. The molecule has 2 atom stereocenters. The molecule has 0 spiro atoms. The Balaban J connectivity index is 2.04. The first-order valence-electron chi connectivity index (χ1n) is 4.99. The summed E-state index contributed by atoms with van der Waals surface area (Å²) in [5, 5.41) is 2.73. The lowest BCUT2D eigenvalue weighted by atomic mass is 10.2. The maximum atomic E-state index is 11.5. The van der Waals surface area contributed by atoms with Gasteiger partial charge in [0.1, 0.15) is 0 Å². The summed E-state index contributed by atoms with van der Waals surface area (Å²) in [5.41, 5.74) is 5.45. The minimum Gasteiger partial charge on any atom is -0.332 e. The van der Waals surface area contributed by atoms with Crippen LogP contribution < -0.4 is 11.1 Å². The van der Waals surface area contributed by atoms with Crippen LogP contribution in [0.3, 0.4) is 0 Å². The number of sulfone groups is 1. The Hall–Kier alpha value is -0.820. The Labute approximate surface area is 88.7 Å². The van der Waals surface area contributed by atoms with Gasteiger partial charge in [0.25, 0.3) is 0 Å². The summed E-state index contributed by atoms with van der Waals surface area (Å²) in [4.78, 5) is 13.1.